The van der Waals surface area contributed by atoms with Gasteiger partial charge >= 0.3 is 0 Å². The van der Waals surface area contributed by atoms with Gasteiger partial charge in [0.15, 0.2) is 5.78 Å². The lowest BCUT2D eigenvalue weighted by Gasteiger charge is -2.36. The summed E-state index contributed by atoms with van der Waals surface area (Å²) < 4.78 is 7.62. The maximum absolute atomic E-state index is 13.7. The van der Waals surface area contributed by atoms with E-state index in [0.717, 1.165) is 48.8 Å². The zero-order valence-electron chi connectivity index (χ0n) is 20.0. The van der Waals surface area contributed by atoms with Gasteiger partial charge in [-0.3, -0.25) is 4.79 Å². The monoisotopic (exact) mass is 549 g/mol. The number of benzene rings is 3. The molecule has 5 rings (SSSR count). The Kier molecular flexibility index (Phi) is 5.82. The average molecular weight is 551 g/mol. The molecule has 0 fully saturated rings. The summed E-state index contributed by atoms with van der Waals surface area (Å²) in [6.07, 6.45) is 0. The Hall–Kier alpha value is -2.28. The molecule has 0 radical (unpaired) electrons. The molecule has 1 aliphatic carbocycles. The van der Waals surface area contributed by atoms with Crippen LogP contribution < -0.4 is 9.74 Å². The Bertz CT molecular complexity index is 1340. The lowest BCUT2D eigenvalue weighted by molar-refractivity contribution is 0.103. The third-order valence-electron chi connectivity index (χ3n) is 6.98. The van der Waals surface area contributed by atoms with E-state index in [1.165, 1.54) is 0 Å². The van der Waals surface area contributed by atoms with Gasteiger partial charge in [-0.25, -0.2) is 0 Å². The summed E-state index contributed by atoms with van der Waals surface area (Å²) in [5.74, 6) is 0.947. The molecular weight excluding hydrogens is 522 g/mol. The number of hydrogen-bond acceptors (Lipinski definition) is 4. The smallest absolute Gasteiger partial charge is 0.250 e. The molecule has 0 aromatic heterocycles. The fourth-order valence-corrected chi connectivity index (χ4v) is 6.93. The highest BCUT2D eigenvalue weighted by Gasteiger charge is 2.40. The van der Waals surface area contributed by atoms with Gasteiger partial charge < -0.3 is 9.74 Å². The Morgan fingerprint density at radius 2 is 1.65 bits per heavy atom. The van der Waals surface area contributed by atoms with Crippen molar-refractivity contribution in [3.05, 3.63) is 93.5 Å². The highest BCUT2D eigenvalue weighted by molar-refractivity contribution is 9.10. The standard InChI is InChI=1S/C28H28BrNO2SSi/c1-28(2,3)34(4,5)32-19-15-17(14-18(29)16-19)27-24-25(20-10-6-7-11-21(20)26(24)31)30-22-12-8-9-13-23(22)33-27/h6-16,27,30H,1-5H3. The molecule has 3 aromatic rings. The molecule has 1 atom stereocenters. The quantitative estimate of drug-likeness (QED) is 0.331. The predicted octanol–water partition coefficient (Wildman–Crippen LogP) is 8.70. The Morgan fingerprint density at radius 3 is 2.38 bits per heavy atom. The number of para-hydroxylation sites is 1. The van der Waals surface area contributed by atoms with Crippen molar-refractivity contribution in [1.29, 1.82) is 0 Å². The lowest BCUT2D eigenvalue weighted by Crippen LogP contribution is -2.43. The molecule has 174 valence electrons. The zero-order chi connectivity index (χ0) is 24.3. The summed E-state index contributed by atoms with van der Waals surface area (Å²) in [5, 5.41) is 3.53. The Morgan fingerprint density at radius 1 is 0.971 bits per heavy atom. The maximum atomic E-state index is 13.7. The summed E-state index contributed by atoms with van der Waals surface area (Å²) in [5.41, 5.74) is 5.53. The van der Waals surface area contributed by atoms with Crippen LogP contribution in [0.1, 0.15) is 47.5 Å². The van der Waals surface area contributed by atoms with Gasteiger partial charge in [-0.2, -0.15) is 0 Å². The van der Waals surface area contributed by atoms with Crippen LogP contribution >= 0.6 is 27.7 Å². The average Bonchev–Trinajstić information content (AvgIpc) is 2.92. The number of halogens is 1. The van der Waals surface area contributed by atoms with E-state index in [1.54, 1.807) is 11.8 Å². The molecular formula is C28H28BrNO2SSi. The van der Waals surface area contributed by atoms with Crippen LogP contribution in [-0.2, 0) is 0 Å². The van der Waals surface area contributed by atoms with Crippen molar-refractivity contribution in [2.75, 3.05) is 5.32 Å². The molecule has 6 heteroatoms. The first-order valence-corrected chi connectivity index (χ1v) is 16.0. The molecule has 0 saturated heterocycles. The number of nitrogens with one attached hydrogen (secondary N) is 1. The summed E-state index contributed by atoms with van der Waals surface area (Å²) in [6.45, 7) is 11.2. The van der Waals surface area contributed by atoms with Crippen LogP contribution in [0.5, 0.6) is 5.75 Å². The summed E-state index contributed by atoms with van der Waals surface area (Å²) >= 11 is 5.43. The number of thioether (sulfide) groups is 1. The number of Topliss-reactive ketones (excluding diaryl/α,β-unsaturated/α-hetero) is 1. The van der Waals surface area contributed by atoms with Gasteiger partial charge in [0.2, 0.25) is 8.32 Å². The third-order valence-corrected chi connectivity index (χ3v) is 13.2. The van der Waals surface area contributed by atoms with Gasteiger partial charge in [0.1, 0.15) is 5.75 Å². The van der Waals surface area contributed by atoms with Crippen LogP contribution in [0.4, 0.5) is 5.69 Å². The minimum atomic E-state index is -2.02. The van der Waals surface area contributed by atoms with Crippen LogP contribution in [0, 0.1) is 0 Å². The zero-order valence-corrected chi connectivity index (χ0v) is 23.4. The molecule has 1 unspecified atom stereocenters. The minimum Gasteiger partial charge on any atom is -0.543 e. The topological polar surface area (TPSA) is 38.3 Å². The number of carbonyl (C=O) groups is 1. The molecule has 34 heavy (non-hydrogen) atoms. The fraction of sp³-hybridized carbons (Fsp3) is 0.250. The minimum absolute atomic E-state index is 0.0914. The van der Waals surface area contributed by atoms with Crippen molar-refractivity contribution in [3.63, 3.8) is 0 Å². The second-order valence-electron chi connectivity index (χ2n) is 10.4. The van der Waals surface area contributed by atoms with Crippen LogP contribution in [0.15, 0.2) is 81.7 Å². The van der Waals surface area contributed by atoms with E-state index in [-0.39, 0.29) is 16.1 Å². The molecule has 0 spiro atoms. The number of anilines is 1. The van der Waals surface area contributed by atoms with Gasteiger partial charge in [-0.1, -0.05) is 73.1 Å². The van der Waals surface area contributed by atoms with Crippen LogP contribution in [-0.4, -0.2) is 14.1 Å². The number of ketones is 1. The van der Waals surface area contributed by atoms with Crippen molar-refractivity contribution in [1.82, 2.24) is 0 Å². The maximum Gasteiger partial charge on any atom is 0.250 e. The number of fused-ring (bicyclic) bond motifs is 3. The van der Waals surface area contributed by atoms with Gasteiger partial charge in [0, 0.05) is 26.1 Å². The van der Waals surface area contributed by atoms with Gasteiger partial charge in [0.05, 0.1) is 16.6 Å². The van der Waals surface area contributed by atoms with Gasteiger partial charge in [-0.15, -0.1) is 11.8 Å². The Balaban J connectivity index is 1.65. The molecule has 1 aliphatic heterocycles. The number of carbonyl (C=O) groups excluding carboxylic acids is 1. The second-order valence-corrected chi connectivity index (χ2v) is 17.2. The highest BCUT2D eigenvalue weighted by Crippen LogP contribution is 2.53. The normalized spacial score (nSPS) is 17.5. The SMILES string of the molecule is CC(C)(C)[Si](C)(C)Oc1cc(Br)cc(C2Sc3ccccc3NC3=C2C(=O)c2ccccc23)c1. The lowest BCUT2D eigenvalue weighted by atomic mass is 10.0. The molecule has 0 bridgehead atoms. The van der Waals surface area contributed by atoms with Crippen LogP contribution in [0.25, 0.3) is 5.70 Å². The third kappa shape index (κ3) is 4.06. The second kappa shape index (κ2) is 8.43. The molecule has 1 N–H and O–H groups in total. The van der Waals surface area contributed by atoms with E-state index in [4.69, 9.17) is 4.43 Å². The first-order chi connectivity index (χ1) is 16.0. The molecule has 2 aliphatic rings. The van der Waals surface area contributed by atoms with Crippen LogP contribution in [0.3, 0.4) is 0 Å². The van der Waals surface area contributed by atoms with Crippen molar-refractivity contribution < 1.29 is 9.22 Å². The fourth-order valence-electron chi connectivity index (χ4n) is 4.16. The molecule has 0 saturated carbocycles. The molecule has 3 nitrogen and oxygen atoms in total. The highest BCUT2D eigenvalue weighted by atomic mass is 79.9. The van der Waals surface area contributed by atoms with Crippen molar-refractivity contribution in [2.45, 2.75) is 49.0 Å². The summed E-state index contributed by atoms with van der Waals surface area (Å²) in [6, 6.07) is 22.4. The molecule has 1 heterocycles. The van der Waals surface area contributed by atoms with E-state index in [9.17, 15) is 4.79 Å². The van der Waals surface area contributed by atoms with Crippen LogP contribution in [0.2, 0.25) is 18.1 Å². The van der Waals surface area contributed by atoms with E-state index in [0.29, 0.717) is 0 Å². The number of hydrogen-bond donors (Lipinski definition) is 1. The van der Waals surface area contributed by atoms with Gasteiger partial charge in [0.25, 0.3) is 0 Å². The summed E-state index contributed by atoms with van der Waals surface area (Å²) in [7, 11) is -2.02. The Labute approximate surface area is 215 Å². The van der Waals surface area contributed by atoms with Crippen molar-refractivity contribution >= 4 is 53.2 Å². The predicted molar refractivity (Wildman–Crippen MR) is 148 cm³/mol. The van der Waals surface area contributed by atoms with Crippen molar-refractivity contribution in [3.8, 4) is 5.75 Å². The van der Waals surface area contributed by atoms with E-state index in [2.05, 4.69) is 79.4 Å². The number of rotatable bonds is 3. The van der Waals surface area contributed by atoms with E-state index < -0.39 is 8.32 Å². The molecule has 0 amide bonds. The van der Waals surface area contributed by atoms with Crippen molar-refractivity contribution in [2.24, 2.45) is 0 Å². The van der Waals surface area contributed by atoms with E-state index >= 15 is 0 Å². The first-order valence-electron chi connectivity index (χ1n) is 11.5. The van der Waals surface area contributed by atoms with E-state index in [1.807, 2.05) is 42.5 Å². The van der Waals surface area contributed by atoms with Gasteiger partial charge in [-0.05, 0) is 54.0 Å². The summed E-state index contributed by atoms with van der Waals surface area (Å²) in [4.78, 5) is 14.8. The first kappa shape index (κ1) is 23.5. The molecule has 3 aromatic carbocycles. The largest absolute Gasteiger partial charge is 0.543 e.